The van der Waals surface area contributed by atoms with E-state index < -0.39 is 12.1 Å². The van der Waals surface area contributed by atoms with Crippen LogP contribution in [0.1, 0.15) is 17.2 Å². The predicted octanol–water partition coefficient (Wildman–Crippen LogP) is 2.31. The molecule has 2 aromatic rings. The minimum atomic E-state index is -0.674. The standard InChI is InChI=1S/C16H13N3O2/c20-15-14(13-9-5-2-6-10-13)18-16(21)19(15)17-11-12-7-3-1-4-8-12/h1-11,14H,(H,18,21). The minimum absolute atomic E-state index is 0.376. The maximum Gasteiger partial charge on any atom is 0.346 e. The Kier molecular flexibility index (Phi) is 3.47. The van der Waals surface area contributed by atoms with Gasteiger partial charge in [-0.05, 0) is 11.1 Å². The van der Waals surface area contributed by atoms with Gasteiger partial charge < -0.3 is 5.32 Å². The van der Waals surface area contributed by atoms with Gasteiger partial charge in [0, 0.05) is 0 Å². The molecule has 5 nitrogen and oxygen atoms in total. The van der Waals surface area contributed by atoms with Crippen LogP contribution in [0.5, 0.6) is 0 Å². The molecule has 1 unspecified atom stereocenters. The van der Waals surface area contributed by atoms with Crippen molar-refractivity contribution >= 4 is 18.2 Å². The highest BCUT2D eigenvalue weighted by Gasteiger charge is 2.39. The van der Waals surface area contributed by atoms with Gasteiger partial charge in [0.05, 0.1) is 6.21 Å². The van der Waals surface area contributed by atoms with Crippen molar-refractivity contribution in [3.8, 4) is 0 Å². The molecule has 0 spiro atoms. The summed E-state index contributed by atoms with van der Waals surface area (Å²) in [5, 5.41) is 7.47. The molecule has 2 aromatic carbocycles. The van der Waals surface area contributed by atoms with Crippen LogP contribution >= 0.6 is 0 Å². The van der Waals surface area contributed by atoms with E-state index in [0.29, 0.717) is 0 Å². The summed E-state index contributed by atoms with van der Waals surface area (Å²) >= 11 is 0. The third-order valence-corrected chi connectivity index (χ3v) is 3.17. The smallest absolute Gasteiger partial charge is 0.320 e. The Balaban J connectivity index is 1.80. The number of carbonyl (C=O) groups excluding carboxylic acids is 2. The van der Waals surface area contributed by atoms with E-state index in [9.17, 15) is 9.59 Å². The molecule has 1 atom stereocenters. The Bertz CT molecular complexity index is 683. The van der Waals surface area contributed by atoms with Gasteiger partial charge in [-0.15, -0.1) is 5.01 Å². The lowest BCUT2D eigenvalue weighted by atomic mass is 10.1. The normalized spacial score (nSPS) is 18.3. The average Bonchev–Trinajstić information content (AvgIpc) is 2.82. The number of benzene rings is 2. The van der Waals surface area contributed by atoms with Crippen molar-refractivity contribution in [3.63, 3.8) is 0 Å². The van der Waals surface area contributed by atoms with Crippen molar-refractivity contribution in [2.75, 3.05) is 0 Å². The Hall–Kier alpha value is -2.95. The van der Waals surface area contributed by atoms with Gasteiger partial charge >= 0.3 is 6.03 Å². The van der Waals surface area contributed by atoms with E-state index in [0.717, 1.165) is 16.1 Å². The van der Waals surface area contributed by atoms with Crippen molar-refractivity contribution < 1.29 is 9.59 Å². The summed E-state index contributed by atoms with van der Waals surface area (Å²) in [6, 6.07) is 17.2. The van der Waals surface area contributed by atoms with Crippen LogP contribution in [0.2, 0.25) is 0 Å². The summed E-state index contributed by atoms with van der Waals surface area (Å²) in [4.78, 5) is 24.1. The molecule has 3 rings (SSSR count). The summed E-state index contributed by atoms with van der Waals surface area (Å²) in [6.07, 6.45) is 1.49. The van der Waals surface area contributed by atoms with E-state index in [4.69, 9.17) is 0 Å². The van der Waals surface area contributed by atoms with E-state index in [1.165, 1.54) is 6.21 Å². The van der Waals surface area contributed by atoms with Gasteiger partial charge in [-0.25, -0.2) is 4.79 Å². The van der Waals surface area contributed by atoms with Crippen LogP contribution in [-0.4, -0.2) is 23.2 Å². The maximum absolute atomic E-state index is 12.3. The number of imide groups is 1. The lowest BCUT2D eigenvalue weighted by Crippen LogP contribution is -2.25. The fraction of sp³-hybridized carbons (Fsp3) is 0.0625. The molecule has 1 aliphatic rings. The number of rotatable bonds is 3. The number of nitrogens with zero attached hydrogens (tertiary/aromatic N) is 2. The first kappa shape index (κ1) is 13.1. The molecule has 0 saturated carbocycles. The predicted molar refractivity (Wildman–Crippen MR) is 78.6 cm³/mol. The molecule has 1 N–H and O–H groups in total. The first-order valence-electron chi connectivity index (χ1n) is 6.54. The highest BCUT2D eigenvalue weighted by atomic mass is 16.2. The van der Waals surface area contributed by atoms with Gasteiger partial charge in [0.1, 0.15) is 6.04 Å². The summed E-state index contributed by atoms with van der Waals surface area (Å²) in [6.45, 7) is 0. The number of urea groups is 1. The summed E-state index contributed by atoms with van der Waals surface area (Å²) in [5.41, 5.74) is 1.56. The second-order valence-corrected chi connectivity index (χ2v) is 4.60. The van der Waals surface area contributed by atoms with Crippen molar-refractivity contribution in [2.24, 2.45) is 5.10 Å². The Labute approximate surface area is 121 Å². The molecule has 1 fully saturated rings. The highest BCUT2D eigenvalue weighted by molar-refractivity contribution is 6.05. The molecule has 3 amide bonds. The van der Waals surface area contributed by atoms with E-state index in [2.05, 4.69) is 10.4 Å². The van der Waals surface area contributed by atoms with Crippen LogP contribution in [-0.2, 0) is 4.79 Å². The molecule has 5 heteroatoms. The van der Waals surface area contributed by atoms with E-state index in [-0.39, 0.29) is 5.91 Å². The molecule has 1 saturated heterocycles. The average molecular weight is 279 g/mol. The summed E-state index contributed by atoms with van der Waals surface area (Å²) in [7, 11) is 0. The van der Waals surface area contributed by atoms with Gasteiger partial charge in [-0.2, -0.15) is 5.10 Å². The second kappa shape index (κ2) is 5.58. The molecule has 104 valence electrons. The monoisotopic (exact) mass is 279 g/mol. The van der Waals surface area contributed by atoms with Gasteiger partial charge in [0.25, 0.3) is 5.91 Å². The molecule has 0 bridgehead atoms. The molecule has 21 heavy (non-hydrogen) atoms. The number of carbonyl (C=O) groups is 2. The van der Waals surface area contributed by atoms with Gasteiger partial charge in [0.15, 0.2) is 0 Å². The van der Waals surface area contributed by atoms with Crippen molar-refractivity contribution in [1.82, 2.24) is 10.3 Å². The van der Waals surface area contributed by atoms with Crippen LogP contribution in [0.25, 0.3) is 0 Å². The third-order valence-electron chi connectivity index (χ3n) is 3.17. The molecule has 0 aromatic heterocycles. The lowest BCUT2D eigenvalue weighted by molar-refractivity contribution is -0.127. The molecule has 0 aliphatic carbocycles. The zero-order valence-corrected chi connectivity index (χ0v) is 11.1. The topological polar surface area (TPSA) is 61.8 Å². The Morgan fingerprint density at radius 2 is 1.57 bits per heavy atom. The van der Waals surface area contributed by atoms with Crippen LogP contribution < -0.4 is 5.32 Å². The maximum atomic E-state index is 12.3. The zero-order valence-electron chi connectivity index (χ0n) is 11.1. The fourth-order valence-electron chi connectivity index (χ4n) is 2.11. The molecular formula is C16H13N3O2. The first-order chi connectivity index (χ1) is 10.3. The van der Waals surface area contributed by atoms with E-state index >= 15 is 0 Å². The number of hydrazone groups is 1. The Morgan fingerprint density at radius 3 is 2.24 bits per heavy atom. The van der Waals surface area contributed by atoms with Gasteiger partial charge in [0.2, 0.25) is 0 Å². The third kappa shape index (κ3) is 2.67. The van der Waals surface area contributed by atoms with E-state index in [1.54, 1.807) is 12.1 Å². The summed E-state index contributed by atoms with van der Waals surface area (Å²) in [5.74, 6) is -0.376. The summed E-state index contributed by atoms with van der Waals surface area (Å²) < 4.78 is 0. The number of amides is 3. The highest BCUT2D eigenvalue weighted by Crippen LogP contribution is 2.21. The number of hydrogen-bond acceptors (Lipinski definition) is 3. The molecule has 0 radical (unpaired) electrons. The van der Waals surface area contributed by atoms with Gasteiger partial charge in [-0.3, -0.25) is 4.79 Å². The minimum Gasteiger partial charge on any atom is -0.320 e. The van der Waals surface area contributed by atoms with Crippen molar-refractivity contribution in [2.45, 2.75) is 6.04 Å². The van der Waals surface area contributed by atoms with Crippen LogP contribution in [0.4, 0.5) is 4.79 Å². The van der Waals surface area contributed by atoms with Gasteiger partial charge in [-0.1, -0.05) is 60.7 Å². The molecule has 1 aliphatic heterocycles. The Morgan fingerprint density at radius 1 is 0.952 bits per heavy atom. The lowest BCUT2D eigenvalue weighted by Gasteiger charge is -2.07. The van der Waals surface area contributed by atoms with Crippen molar-refractivity contribution in [1.29, 1.82) is 0 Å². The van der Waals surface area contributed by atoms with E-state index in [1.807, 2.05) is 48.5 Å². The molecular weight excluding hydrogens is 266 g/mol. The zero-order chi connectivity index (χ0) is 14.7. The fourth-order valence-corrected chi connectivity index (χ4v) is 2.11. The second-order valence-electron chi connectivity index (χ2n) is 4.60. The van der Waals surface area contributed by atoms with Crippen LogP contribution in [0.3, 0.4) is 0 Å². The number of nitrogens with one attached hydrogen (secondary N) is 1. The molecule has 1 heterocycles. The first-order valence-corrected chi connectivity index (χ1v) is 6.54. The number of hydrogen-bond donors (Lipinski definition) is 1. The van der Waals surface area contributed by atoms with Crippen LogP contribution in [0, 0.1) is 0 Å². The van der Waals surface area contributed by atoms with Crippen molar-refractivity contribution in [3.05, 3.63) is 71.8 Å². The van der Waals surface area contributed by atoms with Crippen LogP contribution in [0.15, 0.2) is 65.8 Å². The largest absolute Gasteiger partial charge is 0.346 e. The quantitative estimate of drug-likeness (QED) is 0.692. The SMILES string of the molecule is O=C1NC(c2ccccc2)C(=O)N1N=Cc1ccccc1.